The molecule has 0 saturated heterocycles. The number of rotatable bonds is 10. The number of unbranched alkanes of at least 4 members (excludes halogenated alkanes) is 1. The van der Waals surface area contributed by atoms with Crippen molar-refractivity contribution in [2.75, 3.05) is 26.2 Å². The molecule has 1 aromatic rings. The number of aromatic hydroxyl groups is 1. The molecular formula is C16H25N3O2. The summed E-state index contributed by atoms with van der Waals surface area (Å²) in [5.74, 6) is 0.113. The lowest BCUT2D eigenvalue weighted by Gasteiger charge is -2.04. The predicted molar refractivity (Wildman–Crippen MR) is 85.9 cm³/mol. The molecule has 21 heavy (non-hydrogen) atoms. The lowest BCUT2D eigenvalue weighted by Crippen LogP contribution is -2.26. The van der Waals surface area contributed by atoms with Crippen LogP contribution in [0, 0.1) is 0 Å². The third-order valence-electron chi connectivity index (χ3n) is 2.96. The van der Waals surface area contributed by atoms with Crippen LogP contribution in [0.3, 0.4) is 0 Å². The Morgan fingerprint density at radius 3 is 2.52 bits per heavy atom. The molecule has 0 fully saturated rings. The van der Waals surface area contributed by atoms with E-state index in [0.29, 0.717) is 6.54 Å². The molecule has 0 aromatic heterocycles. The molecular weight excluding hydrogens is 266 g/mol. The molecule has 0 unspecified atom stereocenters. The second-order valence-corrected chi connectivity index (χ2v) is 4.82. The van der Waals surface area contributed by atoms with E-state index in [0.717, 1.165) is 44.5 Å². The molecule has 0 radical (unpaired) electrons. The van der Waals surface area contributed by atoms with Crippen LogP contribution in [0.15, 0.2) is 30.3 Å². The van der Waals surface area contributed by atoms with Crippen LogP contribution in [0.2, 0.25) is 0 Å². The maximum Gasteiger partial charge on any atom is 0.243 e. The molecule has 5 N–H and O–H groups in total. The van der Waals surface area contributed by atoms with Gasteiger partial charge in [0.25, 0.3) is 0 Å². The average molecular weight is 291 g/mol. The number of nitrogens with two attached hydrogens (primary N) is 1. The fourth-order valence-corrected chi connectivity index (χ4v) is 1.76. The second-order valence-electron chi connectivity index (χ2n) is 4.82. The SMILES string of the molecule is NCCCCNCCCNC(=O)C=Cc1ccc(O)cc1. The maximum atomic E-state index is 11.6. The minimum Gasteiger partial charge on any atom is -0.508 e. The van der Waals surface area contributed by atoms with Gasteiger partial charge >= 0.3 is 0 Å². The van der Waals surface area contributed by atoms with Crippen molar-refractivity contribution >= 4 is 12.0 Å². The Kier molecular flexibility index (Phi) is 8.91. The van der Waals surface area contributed by atoms with Crippen molar-refractivity contribution < 1.29 is 9.90 Å². The quantitative estimate of drug-likeness (QED) is 0.386. The molecule has 5 heteroatoms. The molecule has 116 valence electrons. The first kappa shape index (κ1) is 17.2. The fourth-order valence-electron chi connectivity index (χ4n) is 1.76. The third-order valence-corrected chi connectivity index (χ3v) is 2.96. The van der Waals surface area contributed by atoms with Crippen molar-refractivity contribution in [1.29, 1.82) is 0 Å². The Hall–Kier alpha value is -1.85. The minimum absolute atomic E-state index is 0.105. The van der Waals surface area contributed by atoms with Gasteiger partial charge in [-0.3, -0.25) is 4.79 Å². The van der Waals surface area contributed by atoms with E-state index in [1.165, 1.54) is 6.08 Å². The highest BCUT2D eigenvalue weighted by molar-refractivity contribution is 5.91. The normalized spacial score (nSPS) is 10.9. The first-order chi connectivity index (χ1) is 10.2. The molecule has 0 heterocycles. The summed E-state index contributed by atoms with van der Waals surface area (Å²) >= 11 is 0. The van der Waals surface area contributed by atoms with Crippen LogP contribution >= 0.6 is 0 Å². The van der Waals surface area contributed by atoms with Crippen molar-refractivity contribution in [3.05, 3.63) is 35.9 Å². The standard InChI is InChI=1S/C16H25N3O2/c17-10-1-2-11-18-12-3-13-19-16(21)9-6-14-4-7-15(20)8-5-14/h4-9,18,20H,1-3,10-13,17H2,(H,19,21). The van der Waals surface area contributed by atoms with Gasteiger partial charge in [-0.25, -0.2) is 0 Å². The van der Waals surface area contributed by atoms with E-state index in [1.54, 1.807) is 30.3 Å². The van der Waals surface area contributed by atoms with E-state index in [9.17, 15) is 4.79 Å². The smallest absolute Gasteiger partial charge is 0.243 e. The average Bonchev–Trinajstić information content (AvgIpc) is 2.49. The summed E-state index contributed by atoms with van der Waals surface area (Å²) in [4.78, 5) is 11.6. The summed E-state index contributed by atoms with van der Waals surface area (Å²) < 4.78 is 0. The number of carbonyl (C=O) groups excluding carboxylic acids is 1. The summed E-state index contributed by atoms with van der Waals surface area (Å²) in [5.41, 5.74) is 6.29. The van der Waals surface area contributed by atoms with E-state index in [4.69, 9.17) is 10.8 Å². The van der Waals surface area contributed by atoms with Crippen LogP contribution in [0.4, 0.5) is 0 Å². The molecule has 0 aliphatic rings. The topological polar surface area (TPSA) is 87.4 Å². The fraction of sp³-hybridized carbons (Fsp3) is 0.438. The molecule has 0 spiro atoms. The number of hydrogen-bond donors (Lipinski definition) is 4. The number of nitrogens with one attached hydrogen (secondary N) is 2. The van der Waals surface area contributed by atoms with Crippen molar-refractivity contribution in [3.63, 3.8) is 0 Å². The van der Waals surface area contributed by atoms with Gasteiger partial charge in [0, 0.05) is 12.6 Å². The van der Waals surface area contributed by atoms with Crippen LogP contribution in [0.1, 0.15) is 24.8 Å². The highest BCUT2D eigenvalue weighted by Gasteiger charge is 1.95. The Morgan fingerprint density at radius 2 is 1.81 bits per heavy atom. The zero-order chi connectivity index (χ0) is 15.3. The van der Waals surface area contributed by atoms with E-state index in [1.807, 2.05) is 0 Å². The number of benzene rings is 1. The van der Waals surface area contributed by atoms with E-state index >= 15 is 0 Å². The van der Waals surface area contributed by atoms with Crippen molar-refractivity contribution in [2.45, 2.75) is 19.3 Å². The number of hydrogen-bond acceptors (Lipinski definition) is 4. The first-order valence-corrected chi connectivity index (χ1v) is 7.38. The van der Waals surface area contributed by atoms with Gasteiger partial charge in [0.1, 0.15) is 5.75 Å². The first-order valence-electron chi connectivity index (χ1n) is 7.38. The van der Waals surface area contributed by atoms with E-state index in [-0.39, 0.29) is 11.7 Å². The molecule has 0 atom stereocenters. The summed E-state index contributed by atoms with van der Waals surface area (Å²) in [5, 5.41) is 15.3. The maximum absolute atomic E-state index is 11.6. The van der Waals surface area contributed by atoms with Crippen LogP contribution in [-0.4, -0.2) is 37.2 Å². The molecule has 0 saturated carbocycles. The Bertz CT molecular complexity index is 430. The zero-order valence-electron chi connectivity index (χ0n) is 12.3. The van der Waals surface area contributed by atoms with Crippen LogP contribution in [-0.2, 0) is 4.79 Å². The monoisotopic (exact) mass is 291 g/mol. The van der Waals surface area contributed by atoms with Crippen LogP contribution < -0.4 is 16.4 Å². The molecule has 1 rings (SSSR count). The molecule has 0 aliphatic heterocycles. The van der Waals surface area contributed by atoms with Crippen molar-refractivity contribution in [2.24, 2.45) is 5.73 Å². The van der Waals surface area contributed by atoms with E-state index < -0.39 is 0 Å². The summed E-state index contributed by atoms with van der Waals surface area (Å²) in [6, 6.07) is 6.69. The van der Waals surface area contributed by atoms with E-state index in [2.05, 4.69) is 10.6 Å². The van der Waals surface area contributed by atoms with Gasteiger partial charge in [0.15, 0.2) is 0 Å². The van der Waals surface area contributed by atoms with Crippen LogP contribution in [0.5, 0.6) is 5.75 Å². The molecule has 0 bridgehead atoms. The highest BCUT2D eigenvalue weighted by atomic mass is 16.3. The Balaban J connectivity index is 2.07. The number of phenols is 1. The largest absolute Gasteiger partial charge is 0.508 e. The Labute approximate surface area is 126 Å². The predicted octanol–water partition coefficient (Wildman–Crippen LogP) is 1.24. The lowest BCUT2D eigenvalue weighted by molar-refractivity contribution is -0.116. The van der Waals surface area contributed by atoms with Gasteiger partial charge in [0.2, 0.25) is 5.91 Å². The minimum atomic E-state index is -0.105. The van der Waals surface area contributed by atoms with Crippen molar-refractivity contribution in [3.8, 4) is 5.75 Å². The molecule has 1 aromatic carbocycles. The van der Waals surface area contributed by atoms with Gasteiger partial charge in [-0.15, -0.1) is 0 Å². The zero-order valence-corrected chi connectivity index (χ0v) is 12.3. The van der Waals surface area contributed by atoms with Gasteiger partial charge in [-0.05, 0) is 62.7 Å². The van der Waals surface area contributed by atoms with Crippen molar-refractivity contribution in [1.82, 2.24) is 10.6 Å². The molecule has 5 nitrogen and oxygen atoms in total. The third kappa shape index (κ3) is 8.83. The van der Waals surface area contributed by atoms with Gasteiger partial charge in [-0.1, -0.05) is 12.1 Å². The number of amides is 1. The second kappa shape index (κ2) is 10.9. The van der Waals surface area contributed by atoms with Gasteiger partial charge < -0.3 is 21.5 Å². The summed E-state index contributed by atoms with van der Waals surface area (Å²) in [6.45, 7) is 3.27. The molecule has 1 amide bonds. The Morgan fingerprint density at radius 1 is 1.10 bits per heavy atom. The lowest BCUT2D eigenvalue weighted by atomic mass is 10.2. The summed E-state index contributed by atoms with van der Waals surface area (Å²) in [7, 11) is 0. The number of phenolic OH excluding ortho intramolecular Hbond substituents is 1. The van der Waals surface area contributed by atoms with Crippen LogP contribution in [0.25, 0.3) is 6.08 Å². The number of carbonyl (C=O) groups is 1. The molecule has 0 aliphatic carbocycles. The van der Waals surface area contributed by atoms with Gasteiger partial charge in [0.05, 0.1) is 0 Å². The van der Waals surface area contributed by atoms with Gasteiger partial charge in [-0.2, -0.15) is 0 Å². The summed E-state index contributed by atoms with van der Waals surface area (Å²) in [6.07, 6.45) is 6.27. The highest BCUT2D eigenvalue weighted by Crippen LogP contribution is 2.10.